The van der Waals surface area contributed by atoms with Crippen molar-refractivity contribution in [1.29, 1.82) is 0 Å². The van der Waals surface area contributed by atoms with Gasteiger partial charge in [0, 0.05) is 23.3 Å². The molecule has 0 fully saturated rings. The number of nitrogens with zero attached hydrogens (tertiary/aromatic N) is 2. The van der Waals surface area contributed by atoms with Crippen LogP contribution in [0.2, 0.25) is 0 Å². The number of thioether (sulfide) groups is 1. The highest BCUT2D eigenvalue weighted by Gasteiger charge is 2.20. The summed E-state index contributed by atoms with van der Waals surface area (Å²) in [5, 5.41) is 0. The van der Waals surface area contributed by atoms with Gasteiger partial charge in [-0.3, -0.25) is 0 Å². The molecule has 3 N–H and O–H groups in total. The van der Waals surface area contributed by atoms with Crippen LogP contribution in [-0.2, 0) is 27.1 Å². The highest BCUT2D eigenvalue weighted by Crippen LogP contribution is 2.32. The number of nitrogen functional groups attached to an aromatic ring is 1. The molecule has 1 aromatic heterocycles. The van der Waals surface area contributed by atoms with E-state index < -0.39 is 9.84 Å². The molecule has 0 saturated carbocycles. The van der Waals surface area contributed by atoms with Crippen molar-refractivity contribution < 1.29 is 8.42 Å². The number of nitrogens with two attached hydrogens (primary N) is 1. The summed E-state index contributed by atoms with van der Waals surface area (Å²) >= 11 is 1.71. The number of sulfone groups is 1. The molecule has 88 valence electrons. The summed E-state index contributed by atoms with van der Waals surface area (Å²) in [6.45, 7) is 0. The minimum Gasteiger partial charge on any atom is -0.308 e. The summed E-state index contributed by atoms with van der Waals surface area (Å²) in [4.78, 5) is 8.35. The van der Waals surface area contributed by atoms with Crippen LogP contribution in [0.5, 0.6) is 0 Å². The fraction of sp³-hybridized carbons (Fsp3) is 0.500. The normalized spacial score (nSPS) is 14.9. The van der Waals surface area contributed by atoms with E-state index in [1.807, 2.05) is 0 Å². The van der Waals surface area contributed by atoms with E-state index in [9.17, 15) is 8.42 Å². The van der Waals surface area contributed by atoms with Crippen molar-refractivity contribution >= 4 is 27.4 Å². The Balaban J connectivity index is 2.42. The molecule has 8 heteroatoms. The SMILES string of the molecule is CS(=O)(=O)Cc1nc2c(c(NN)n1)CSC2. The molecule has 6 nitrogen and oxygen atoms in total. The molecule has 1 aromatic rings. The first-order valence-corrected chi connectivity index (χ1v) is 7.82. The van der Waals surface area contributed by atoms with Gasteiger partial charge in [0.15, 0.2) is 9.84 Å². The standard InChI is InChI=1S/C8H12N4O2S2/c1-16(13,14)4-7-10-6-3-15-2-5(6)8(11-7)12-9/h2-4,9H2,1H3,(H,10,11,12). The van der Waals surface area contributed by atoms with Gasteiger partial charge in [-0.15, -0.1) is 0 Å². The Labute approximate surface area is 97.9 Å². The molecule has 1 aliphatic rings. The molecule has 0 spiro atoms. The van der Waals surface area contributed by atoms with Gasteiger partial charge >= 0.3 is 0 Å². The van der Waals surface area contributed by atoms with Gasteiger partial charge in [-0.25, -0.2) is 24.2 Å². The molecule has 0 atom stereocenters. The van der Waals surface area contributed by atoms with Gasteiger partial charge in [-0.1, -0.05) is 0 Å². The van der Waals surface area contributed by atoms with E-state index in [2.05, 4.69) is 15.4 Å². The maximum Gasteiger partial charge on any atom is 0.154 e. The molecule has 0 aliphatic carbocycles. The molecule has 2 heterocycles. The molecular formula is C8H12N4O2S2. The molecule has 16 heavy (non-hydrogen) atoms. The van der Waals surface area contributed by atoms with Crippen LogP contribution in [0, 0.1) is 0 Å². The molecule has 0 amide bonds. The van der Waals surface area contributed by atoms with E-state index in [4.69, 9.17) is 5.84 Å². The van der Waals surface area contributed by atoms with E-state index in [1.165, 1.54) is 0 Å². The number of hydrogen-bond acceptors (Lipinski definition) is 7. The molecule has 0 unspecified atom stereocenters. The Morgan fingerprint density at radius 2 is 2.19 bits per heavy atom. The van der Waals surface area contributed by atoms with Crippen LogP contribution in [0.1, 0.15) is 17.1 Å². The topological polar surface area (TPSA) is 98.0 Å². The lowest BCUT2D eigenvalue weighted by molar-refractivity contribution is 0.599. The second kappa shape index (κ2) is 4.19. The van der Waals surface area contributed by atoms with Gasteiger partial charge in [-0.2, -0.15) is 11.8 Å². The third-order valence-electron chi connectivity index (χ3n) is 2.15. The van der Waals surface area contributed by atoms with Crippen molar-refractivity contribution in [1.82, 2.24) is 9.97 Å². The van der Waals surface area contributed by atoms with Crippen molar-refractivity contribution in [3.8, 4) is 0 Å². The van der Waals surface area contributed by atoms with Crippen LogP contribution in [0.15, 0.2) is 0 Å². The summed E-state index contributed by atoms with van der Waals surface area (Å²) in [7, 11) is -3.12. The predicted molar refractivity (Wildman–Crippen MR) is 63.4 cm³/mol. The van der Waals surface area contributed by atoms with Crippen molar-refractivity contribution in [2.45, 2.75) is 17.3 Å². The fourth-order valence-corrected chi connectivity index (χ4v) is 3.16. The van der Waals surface area contributed by atoms with Crippen molar-refractivity contribution in [2.75, 3.05) is 11.7 Å². The molecule has 0 bridgehead atoms. The third-order valence-corrected chi connectivity index (χ3v) is 3.91. The number of rotatable bonds is 3. The molecule has 0 saturated heterocycles. The maximum absolute atomic E-state index is 11.2. The van der Waals surface area contributed by atoms with Gasteiger partial charge in [0.2, 0.25) is 0 Å². The molecule has 1 aliphatic heterocycles. The first-order chi connectivity index (χ1) is 7.49. The lowest BCUT2D eigenvalue weighted by atomic mass is 10.2. The summed E-state index contributed by atoms with van der Waals surface area (Å²) < 4.78 is 22.3. The first kappa shape index (κ1) is 11.6. The van der Waals surface area contributed by atoms with E-state index in [-0.39, 0.29) is 5.75 Å². The highest BCUT2D eigenvalue weighted by molar-refractivity contribution is 7.98. The van der Waals surface area contributed by atoms with Crippen LogP contribution >= 0.6 is 11.8 Å². The Kier molecular flexibility index (Phi) is 3.04. The minimum atomic E-state index is -3.12. The average Bonchev–Trinajstić information content (AvgIpc) is 2.61. The second-order valence-corrected chi connectivity index (χ2v) is 6.75. The quantitative estimate of drug-likeness (QED) is 0.585. The van der Waals surface area contributed by atoms with Gasteiger partial charge < -0.3 is 5.43 Å². The van der Waals surface area contributed by atoms with Gasteiger partial charge in [0.25, 0.3) is 0 Å². The van der Waals surface area contributed by atoms with Crippen LogP contribution in [0.4, 0.5) is 5.82 Å². The highest BCUT2D eigenvalue weighted by atomic mass is 32.2. The zero-order chi connectivity index (χ0) is 11.8. The monoisotopic (exact) mass is 260 g/mol. The summed E-state index contributed by atoms with van der Waals surface area (Å²) in [5.74, 6) is 7.64. The average molecular weight is 260 g/mol. The summed E-state index contributed by atoms with van der Waals surface area (Å²) in [5.41, 5.74) is 4.35. The van der Waals surface area contributed by atoms with Gasteiger partial charge in [-0.05, 0) is 0 Å². The van der Waals surface area contributed by atoms with E-state index in [1.54, 1.807) is 11.8 Å². The largest absolute Gasteiger partial charge is 0.308 e. The number of fused-ring (bicyclic) bond motifs is 1. The zero-order valence-corrected chi connectivity index (χ0v) is 10.4. The number of nitrogens with one attached hydrogen (secondary N) is 1. The van der Waals surface area contributed by atoms with Crippen molar-refractivity contribution in [2.24, 2.45) is 5.84 Å². The number of anilines is 1. The molecule has 0 aromatic carbocycles. The van der Waals surface area contributed by atoms with Crippen molar-refractivity contribution in [3.63, 3.8) is 0 Å². The summed E-state index contributed by atoms with van der Waals surface area (Å²) in [6, 6.07) is 0. The Bertz CT molecular complexity index is 515. The lowest BCUT2D eigenvalue weighted by Gasteiger charge is -2.07. The molecule has 2 rings (SSSR count). The predicted octanol–water partition coefficient (Wildman–Crippen LogP) is 0.0536. The smallest absolute Gasteiger partial charge is 0.154 e. The van der Waals surface area contributed by atoms with Crippen LogP contribution in [0.25, 0.3) is 0 Å². The van der Waals surface area contributed by atoms with Crippen molar-refractivity contribution in [3.05, 3.63) is 17.1 Å². The third kappa shape index (κ3) is 2.45. The Morgan fingerprint density at radius 1 is 1.44 bits per heavy atom. The summed E-state index contributed by atoms with van der Waals surface area (Å²) in [6.07, 6.45) is 1.16. The first-order valence-electron chi connectivity index (χ1n) is 4.60. The Morgan fingerprint density at radius 3 is 2.81 bits per heavy atom. The maximum atomic E-state index is 11.2. The minimum absolute atomic E-state index is 0.153. The van der Waals surface area contributed by atoms with Gasteiger partial charge in [0.1, 0.15) is 17.4 Å². The van der Waals surface area contributed by atoms with Crippen LogP contribution in [0.3, 0.4) is 0 Å². The fourth-order valence-electron chi connectivity index (χ4n) is 1.52. The van der Waals surface area contributed by atoms with Gasteiger partial charge in [0.05, 0.1) is 5.69 Å². The Hall–Kier alpha value is -0.860. The van der Waals surface area contributed by atoms with E-state index >= 15 is 0 Å². The zero-order valence-electron chi connectivity index (χ0n) is 8.73. The van der Waals surface area contributed by atoms with E-state index in [0.29, 0.717) is 11.6 Å². The lowest BCUT2D eigenvalue weighted by Crippen LogP contribution is -2.15. The second-order valence-electron chi connectivity index (χ2n) is 3.62. The number of hydrogen-bond donors (Lipinski definition) is 2. The number of hydrazine groups is 1. The van der Waals surface area contributed by atoms with Crippen LogP contribution < -0.4 is 11.3 Å². The molecule has 0 radical (unpaired) electrons. The molecular weight excluding hydrogens is 248 g/mol. The van der Waals surface area contributed by atoms with Crippen LogP contribution in [-0.4, -0.2) is 24.6 Å². The van der Waals surface area contributed by atoms with E-state index in [0.717, 1.165) is 29.0 Å². The number of aromatic nitrogens is 2.